The summed E-state index contributed by atoms with van der Waals surface area (Å²) < 4.78 is 4.22. The SMILES string of the molecule is C=C/C=C\C(=C/C)C(C(/C=C\C(=C)n1c(/C=C\C)c(/C=C\C)n2c(/C=C\C=C)c(C=C)nc12)=C/C=C)c1ccccc1. The fourth-order valence-corrected chi connectivity index (χ4v) is 4.96. The molecule has 1 aromatic carbocycles. The summed E-state index contributed by atoms with van der Waals surface area (Å²) >= 11 is 0. The average Bonchev–Trinajstić information content (AvgIpc) is 3.51. The van der Waals surface area contributed by atoms with Crippen molar-refractivity contribution in [2.24, 2.45) is 0 Å². The third-order valence-corrected chi connectivity index (χ3v) is 6.72. The summed E-state index contributed by atoms with van der Waals surface area (Å²) in [5, 5.41) is 0. The Kier molecular flexibility index (Phi) is 11.6. The Labute approximate surface area is 251 Å². The summed E-state index contributed by atoms with van der Waals surface area (Å²) in [7, 11) is 0. The van der Waals surface area contributed by atoms with Crippen LogP contribution in [0.4, 0.5) is 0 Å². The minimum absolute atomic E-state index is 0.0119. The lowest BCUT2D eigenvalue weighted by molar-refractivity contribution is 0.972. The van der Waals surface area contributed by atoms with Crippen LogP contribution in [-0.2, 0) is 0 Å². The van der Waals surface area contributed by atoms with E-state index in [1.165, 1.54) is 5.56 Å². The molecule has 0 aliphatic rings. The van der Waals surface area contributed by atoms with Crippen molar-refractivity contribution in [1.29, 1.82) is 0 Å². The first-order chi connectivity index (χ1) is 20.5. The minimum atomic E-state index is -0.0119. The van der Waals surface area contributed by atoms with Gasteiger partial charge in [0.15, 0.2) is 0 Å². The summed E-state index contributed by atoms with van der Waals surface area (Å²) in [5.41, 5.74) is 7.88. The van der Waals surface area contributed by atoms with Gasteiger partial charge in [0.1, 0.15) is 0 Å². The molecule has 0 aliphatic heterocycles. The van der Waals surface area contributed by atoms with E-state index in [0.717, 1.165) is 45.4 Å². The van der Waals surface area contributed by atoms with Crippen molar-refractivity contribution in [3.63, 3.8) is 0 Å². The first-order valence-electron chi connectivity index (χ1n) is 14.0. The first-order valence-corrected chi connectivity index (χ1v) is 14.0. The van der Waals surface area contributed by atoms with Crippen LogP contribution in [0.3, 0.4) is 0 Å². The fraction of sp³-hybridized carbons (Fsp3) is 0.103. The number of rotatable bonds is 14. The molecule has 0 fully saturated rings. The molecular weight excluding hydrogens is 510 g/mol. The number of fused-ring (bicyclic) bond motifs is 1. The van der Waals surface area contributed by atoms with Crippen LogP contribution in [0, 0.1) is 0 Å². The summed E-state index contributed by atoms with van der Waals surface area (Å²) in [4.78, 5) is 4.97. The van der Waals surface area contributed by atoms with Gasteiger partial charge in [0.2, 0.25) is 5.78 Å². The molecule has 1 unspecified atom stereocenters. The van der Waals surface area contributed by atoms with Crippen LogP contribution in [0.25, 0.3) is 35.8 Å². The molecule has 0 spiro atoms. The highest BCUT2D eigenvalue weighted by molar-refractivity contribution is 5.77. The second-order valence-electron chi connectivity index (χ2n) is 9.38. The number of benzene rings is 1. The molecule has 3 heteroatoms. The van der Waals surface area contributed by atoms with Crippen molar-refractivity contribution >= 4 is 35.8 Å². The van der Waals surface area contributed by atoms with E-state index in [4.69, 9.17) is 4.98 Å². The molecule has 212 valence electrons. The van der Waals surface area contributed by atoms with Crippen LogP contribution in [0.5, 0.6) is 0 Å². The molecule has 0 saturated carbocycles. The smallest absolute Gasteiger partial charge is 0.220 e. The Morgan fingerprint density at radius 1 is 0.762 bits per heavy atom. The number of allylic oxidation sites excluding steroid dienone is 15. The number of nitrogens with zero attached hydrogens (tertiary/aromatic N) is 3. The molecule has 1 atom stereocenters. The quantitative estimate of drug-likeness (QED) is 0.183. The van der Waals surface area contributed by atoms with Gasteiger partial charge in [-0.05, 0) is 67.9 Å². The zero-order chi connectivity index (χ0) is 30.5. The standard InChI is InChI=1S/C39H41N3/c1-9-16-24-31(14-6)38(33-25-19-18-20-26-33)32(21-11-3)29-28-30(8)41-36(22-12-4)37(23-13-5)42-35(27-17-10-2)34(15-7)40-39(41)42/h9-29,38H,1-3,7-8H2,4-6H3/b22-12-,23-13-,24-16-,27-17-,29-28-,31-14+,32-21+. The van der Waals surface area contributed by atoms with Crippen LogP contribution in [0.1, 0.15) is 55.0 Å². The van der Waals surface area contributed by atoms with Crippen molar-refractivity contribution in [2.75, 3.05) is 0 Å². The lowest BCUT2D eigenvalue weighted by Gasteiger charge is -2.21. The fourth-order valence-electron chi connectivity index (χ4n) is 4.96. The molecule has 0 aliphatic carbocycles. The Bertz CT molecular complexity index is 1670. The van der Waals surface area contributed by atoms with Crippen molar-refractivity contribution in [2.45, 2.75) is 26.7 Å². The summed E-state index contributed by atoms with van der Waals surface area (Å²) in [6, 6.07) is 10.5. The van der Waals surface area contributed by atoms with Gasteiger partial charge in [0.05, 0.1) is 22.8 Å². The van der Waals surface area contributed by atoms with E-state index in [2.05, 4.69) is 110 Å². The Balaban J connectivity index is 2.27. The van der Waals surface area contributed by atoms with E-state index < -0.39 is 0 Å². The van der Waals surface area contributed by atoms with Crippen molar-refractivity contribution < 1.29 is 0 Å². The van der Waals surface area contributed by atoms with E-state index in [1.807, 2.05) is 62.4 Å². The van der Waals surface area contributed by atoms with Crippen LogP contribution >= 0.6 is 0 Å². The van der Waals surface area contributed by atoms with E-state index >= 15 is 0 Å². The molecule has 0 amide bonds. The largest absolute Gasteiger partial charge is 0.279 e. The Morgan fingerprint density at radius 2 is 1.45 bits per heavy atom. The van der Waals surface area contributed by atoms with Crippen LogP contribution in [0.2, 0.25) is 0 Å². The highest BCUT2D eigenvalue weighted by atomic mass is 15.2. The lowest BCUT2D eigenvalue weighted by atomic mass is 9.83. The highest BCUT2D eigenvalue weighted by Crippen LogP contribution is 2.35. The maximum atomic E-state index is 4.97. The molecule has 3 nitrogen and oxygen atoms in total. The van der Waals surface area contributed by atoms with Gasteiger partial charge in [0, 0.05) is 11.6 Å². The molecular formula is C39H41N3. The summed E-state index contributed by atoms with van der Waals surface area (Å²) in [6.45, 7) is 26.3. The van der Waals surface area contributed by atoms with Crippen LogP contribution in [0.15, 0.2) is 147 Å². The third kappa shape index (κ3) is 6.76. The molecule has 0 N–H and O–H groups in total. The van der Waals surface area contributed by atoms with Gasteiger partial charge in [0.25, 0.3) is 0 Å². The maximum Gasteiger partial charge on any atom is 0.220 e. The summed E-state index contributed by atoms with van der Waals surface area (Å²) in [6.07, 6.45) is 31.7. The van der Waals surface area contributed by atoms with Crippen LogP contribution < -0.4 is 0 Å². The molecule has 0 saturated heterocycles. The summed E-state index contributed by atoms with van der Waals surface area (Å²) in [5.74, 6) is 0.739. The van der Waals surface area contributed by atoms with Gasteiger partial charge in [-0.2, -0.15) is 0 Å². The molecule has 3 rings (SSSR count). The monoisotopic (exact) mass is 551 g/mol. The number of aromatic nitrogens is 3. The molecule has 42 heavy (non-hydrogen) atoms. The van der Waals surface area contributed by atoms with Gasteiger partial charge in [-0.15, -0.1) is 0 Å². The molecule has 2 aromatic heterocycles. The average molecular weight is 552 g/mol. The van der Waals surface area contributed by atoms with E-state index in [-0.39, 0.29) is 5.92 Å². The van der Waals surface area contributed by atoms with Crippen molar-refractivity contribution in [3.8, 4) is 0 Å². The van der Waals surface area contributed by atoms with E-state index in [1.54, 1.807) is 18.2 Å². The topological polar surface area (TPSA) is 22.2 Å². The van der Waals surface area contributed by atoms with E-state index in [0.29, 0.717) is 0 Å². The Morgan fingerprint density at radius 3 is 2.05 bits per heavy atom. The lowest BCUT2D eigenvalue weighted by Crippen LogP contribution is -2.05. The third-order valence-electron chi connectivity index (χ3n) is 6.72. The van der Waals surface area contributed by atoms with Gasteiger partial charge >= 0.3 is 0 Å². The Hall–Kier alpha value is -5.15. The molecule has 0 radical (unpaired) electrons. The first kappa shape index (κ1) is 31.4. The predicted molar refractivity (Wildman–Crippen MR) is 187 cm³/mol. The zero-order valence-electron chi connectivity index (χ0n) is 25.1. The molecule has 2 heterocycles. The predicted octanol–water partition coefficient (Wildman–Crippen LogP) is 10.7. The van der Waals surface area contributed by atoms with Crippen molar-refractivity contribution in [3.05, 3.63) is 176 Å². The second-order valence-corrected chi connectivity index (χ2v) is 9.38. The number of hydrogen-bond acceptors (Lipinski definition) is 1. The van der Waals surface area contributed by atoms with Gasteiger partial charge in [-0.3, -0.25) is 8.97 Å². The molecule has 0 bridgehead atoms. The maximum absolute atomic E-state index is 4.97. The molecule has 3 aromatic rings. The van der Waals surface area contributed by atoms with Gasteiger partial charge in [-0.1, -0.05) is 130 Å². The zero-order valence-corrected chi connectivity index (χ0v) is 25.1. The highest BCUT2D eigenvalue weighted by Gasteiger charge is 2.22. The second kappa shape index (κ2) is 15.6. The van der Waals surface area contributed by atoms with E-state index in [9.17, 15) is 0 Å². The minimum Gasteiger partial charge on any atom is -0.279 e. The van der Waals surface area contributed by atoms with Gasteiger partial charge in [-0.25, -0.2) is 4.98 Å². The number of hydrogen-bond donors (Lipinski definition) is 0. The van der Waals surface area contributed by atoms with Crippen molar-refractivity contribution in [1.82, 2.24) is 14.0 Å². The van der Waals surface area contributed by atoms with Gasteiger partial charge < -0.3 is 0 Å². The number of imidazole rings is 2. The van der Waals surface area contributed by atoms with Crippen LogP contribution in [-0.4, -0.2) is 14.0 Å². The normalized spacial score (nSPS) is 13.8.